The molecule has 0 fully saturated rings. The lowest BCUT2D eigenvalue weighted by molar-refractivity contribution is 0.592. The maximum Gasteiger partial charge on any atom is 0.324 e. The van der Waals surface area contributed by atoms with E-state index in [2.05, 4.69) is 0 Å². The molecule has 1 atom stereocenters. The van der Waals surface area contributed by atoms with Gasteiger partial charge in [-0.1, -0.05) is 42.5 Å². The van der Waals surface area contributed by atoms with Gasteiger partial charge in [-0.3, -0.25) is 4.21 Å². The van der Waals surface area contributed by atoms with E-state index in [0.29, 0.717) is 0 Å². The van der Waals surface area contributed by atoms with Gasteiger partial charge in [-0.05, 0) is 24.3 Å². The highest BCUT2D eigenvalue weighted by molar-refractivity contribution is 8.11. The maximum absolute atomic E-state index is 13.3. The average molecular weight is 417 g/mol. The van der Waals surface area contributed by atoms with Gasteiger partial charge in [-0.25, -0.2) is 8.42 Å². The molecule has 0 radical (unpaired) electrons. The third-order valence-electron chi connectivity index (χ3n) is 5.18. The zero-order valence-electron chi connectivity index (χ0n) is 14.7. The van der Waals surface area contributed by atoms with Crippen molar-refractivity contribution in [1.82, 2.24) is 4.57 Å². The molecule has 8 heteroatoms. The number of nitriles is 2. The molecule has 1 aromatic heterocycles. The molecule has 6 nitrogen and oxygen atoms in total. The Kier molecular flexibility index (Phi) is 3.51. The minimum absolute atomic E-state index is 0.0209. The minimum atomic E-state index is -4.49. The van der Waals surface area contributed by atoms with Crippen molar-refractivity contribution in [3.8, 4) is 17.8 Å². The number of sulfone groups is 1. The summed E-state index contributed by atoms with van der Waals surface area (Å²) in [6.07, 6.45) is 0. The van der Waals surface area contributed by atoms with Crippen LogP contribution in [0.2, 0.25) is 0 Å². The minimum Gasteiger partial charge on any atom is -0.308 e. The first-order valence-electron chi connectivity index (χ1n) is 8.58. The number of benzene rings is 3. The molecule has 4 aromatic rings. The van der Waals surface area contributed by atoms with E-state index in [1.165, 1.54) is 18.2 Å². The summed E-state index contributed by atoms with van der Waals surface area (Å²) in [7, 11) is -6.82. The van der Waals surface area contributed by atoms with Gasteiger partial charge in [-0.2, -0.15) is 10.5 Å². The number of hydrogen-bond donors (Lipinski definition) is 0. The molecule has 0 saturated heterocycles. The Bertz CT molecular complexity index is 1500. The summed E-state index contributed by atoms with van der Waals surface area (Å²) in [6.45, 7) is 0. The van der Waals surface area contributed by atoms with Crippen LogP contribution < -0.4 is 0 Å². The van der Waals surface area contributed by atoms with Crippen molar-refractivity contribution in [2.24, 2.45) is 0 Å². The van der Waals surface area contributed by atoms with Crippen LogP contribution >= 0.6 is 0 Å². The molecule has 0 aliphatic carbocycles. The van der Waals surface area contributed by atoms with Crippen LogP contribution in [0.3, 0.4) is 0 Å². The van der Waals surface area contributed by atoms with E-state index in [-0.39, 0.29) is 15.5 Å². The largest absolute Gasteiger partial charge is 0.324 e. The van der Waals surface area contributed by atoms with Gasteiger partial charge in [0.15, 0.2) is 0 Å². The number of aromatic nitrogens is 1. The Balaban J connectivity index is 1.99. The second kappa shape index (κ2) is 5.77. The number of hydrogen-bond acceptors (Lipinski definition) is 5. The van der Waals surface area contributed by atoms with Crippen molar-refractivity contribution in [1.29, 1.82) is 10.5 Å². The molecular weight excluding hydrogens is 406 g/mol. The first-order chi connectivity index (χ1) is 14.0. The lowest BCUT2D eigenvalue weighted by atomic mass is 10.2. The van der Waals surface area contributed by atoms with Crippen LogP contribution in [0.5, 0.6) is 0 Å². The normalized spacial score (nSPS) is 18.9. The highest BCUT2D eigenvalue weighted by Gasteiger charge is 2.60. The second-order valence-electron chi connectivity index (χ2n) is 6.59. The summed E-state index contributed by atoms with van der Waals surface area (Å²) >= 11 is 0. The third-order valence-corrected chi connectivity index (χ3v) is 9.77. The predicted octanol–water partition coefficient (Wildman–Crippen LogP) is 3.42. The molecule has 3 aromatic carbocycles. The average Bonchev–Trinajstić information content (AvgIpc) is 3.16. The molecular formula is C21H11N3O3S2. The molecule has 29 heavy (non-hydrogen) atoms. The van der Waals surface area contributed by atoms with Crippen LogP contribution in [-0.4, -0.2) is 21.3 Å². The highest BCUT2D eigenvalue weighted by Crippen LogP contribution is 2.46. The zero-order valence-corrected chi connectivity index (χ0v) is 16.4. The lowest BCUT2D eigenvalue weighted by Crippen LogP contribution is -2.34. The highest BCUT2D eigenvalue weighted by atomic mass is 32.3. The van der Waals surface area contributed by atoms with Crippen molar-refractivity contribution in [3.05, 3.63) is 66.7 Å². The van der Waals surface area contributed by atoms with E-state index in [0.717, 1.165) is 21.8 Å². The summed E-state index contributed by atoms with van der Waals surface area (Å²) in [5, 5.41) is 20.9. The van der Waals surface area contributed by atoms with Crippen molar-refractivity contribution < 1.29 is 12.6 Å². The van der Waals surface area contributed by atoms with Gasteiger partial charge in [0.2, 0.25) is 9.84 Å². The van der Waals surface area contributed by atoms with E-state index < -0.39 is 24.7 Å². The standard InChI is InChI=1S/C21H11N3O3S2/c22-12-21(13-23)28(25)19-11-5-10-18(20(19)29(21,26)27)24-16-8-3-1-6-14(16)15-7-2-4-9-17(15)24/h1-11H. The summed E-state index contributed by atoms with van der Waals surface area (Å²) in [5.41, 5.74) is 1.82. The molecule has 1 aliphatic heterocycles. The second-order valence-corrected chi connectivity index (χ2v) is 10.5. The van der Waals surface area contributed by atoms with Gasteiger partial charge in [0, 0.05) is 10.8 Å². The number of fused-ring (bicyclic) bond motifs is 4. The fourth-order valence-corrected chi connectivity index (χ4v) is 8.02. The van der Waals surface area contributed by atoms with Gasteiger partial charge in [0.1, 0.15) is 27.8 Å². The monoisotopic (exact) mass is 417 g/mol. The van der Waals surface area contributed by atoms with Crippen molar-refractivity contribution in [3.63, 3.8) is 0 Å². The summed E-state index contributed by atoms with van der Waals surface area (Å²) in [4.78, 5) is -0.250. The number of para-hydroxylation sites is 2. The number of nitrogens with zero attached hydrogens (tertiary/aromatic N) is 3. The van der Waals surface area contributed by atoms with Crippen molar-refractivity contribution in [2.45, 2.75) is 13.9 Å². The van der Waals surface area contributed by atoms with E-state index >= 15 is 0 Å². The number of rotatable bonds is 1. The maximum atomic E-state index is 13.3. The van der Waals surface area contributed by atoms with Gasteiger partial charge in [0.05, 0.1) is 21.6 Å². The molecule has 1 unspecified atom stereocenters. The van der Waals surface area contributed by atoms with Crippen LogP contribution in [-0.2, 0) is 20.6 Å². The lowest BCUT2D eigenvalue weighted by Gasteiger charge is -2.13. The summed E-state index contributed by atoms with van der Waals surface area (Å²) in [5.74, 6) is 0. The molecule has 5 rings (SSSR count). The SMILES string of the molecule is N#CC1(C#N)S(=O)c2cccc(-n3c4ccccc4c4ccccc43)c2S1(=O)=O. The fraction of sp³-hybridized carbons (Fsp3) is 0.0476. The van der Waals surface area contributed by atoms with Crippen molar-refractivity contribution >= 4 is 42.4 Å². The molecule has 0 spiro atoms. The summed E-state index contributed by atoms with van der Waals surface area (Å²) < 4.78 is 38.7. The van der Waals surface area contributed by atoms with Crippen LogP contribution in [0.1, 0.15) is 0 Å². The van der Waals surface area contributed by atoms with E-state index in [1.807, 2.05) is 48.5 Å². The van der Waals surface area contributed by atoms with Crippen molar-refractivity contribution in [2.75, 3.05) is 0 Å². The topological polar surface area (TPSA) is 104 Å². The van der Waals surface area contributed by atoms with E-state index in [4.69, 9.17) is 0 Å². The molecule has 2 heterocycles. The zero-order chi connectivity index (χ0) is 20.4. The Labute approximate surface area is 168 Å². The molecule has 0 amide bonds. The van der Waals surface area contributed by atoms with Crippen LogP contribution in [0.15, 0.2) is 76.5 Å². The van der Waals surface area contributed by atoms with E-state index in [9.17, 15) is 23.2 Å². The first-order valence-corrected chi connectivity index (χ1v) is 11.2. The van der Waals surface area contributed by atoms with Crippen LogP contribution in [0.25, 0.3) is 27.5 Å². The molecule has 0 saturated carbocycles. The smallest absolute Gasteiger partial charge is 0.308 e. The Morgan fingerprint density at radius 2 is 1.38 bits per heavy atom. The molecule has 1 aliphatic rings. The Morgan fingerprint density at radius 3 is 1.93 bits per heavy atom. The van der Waals surface area contributed by atoms with Gasteiger partial charge in [0.25, 0.3) is 0 Å². The molecule has 0 N–H and O–H groups in total. The Morgan fingerprint density at radius 1 is 0.828 bits per heavy atom. The fourth-order valence-electron chi connectivity index (χ4n) is 3.90. The predicted molar refractivity (Wildman–Crippen MR) is 108 cm³/mol. The third kappa shape index (κ3) is 1.97. The van der Waals surface area contributed by atoms with Gasteiger partial charge >= 0.3 is 4.08 Å². The van der Waals surface area contributed by atoms with Crippen LogP contribution in [0, 0.1) is 22.7 Å². The first kappa shape index (κ1) is 17.6. The molecule has 0 bridgehead atoms. The van der Waals surface area contributed by atoms with Gasteiger partial charge < -0.3 is 4.57 Å². The Hall–Kier alpha value is -3.46. The quantitative estimate of drug-likeness (QED) is 0.472. The van der Waals surface area contributed by atoms with E-state index in [1.54, 1.807) is 16.7 Å². The van der Waals surface area contributed by atoms with Crippen LogP contribution in [0.4, 0.5) is 0 Å². The summed E-state index contributed by atoms with van der Waals surface area (Å²) in [6, 6.07) is 22.7. The molecule has 140 valence electrons. The van der Waals surface area contributed by atoms with Gasteiger partial charge in [-0.15, -0.1) is 0 Å².